The average Bonchev–Trinajstić information content (AvgIpc) is 2.44. The quantitative estimate of drug-likeness (QED) is 0.922. The number of carbonyl (C=O) groups excluding carboxylic acids is 1. The van der Waals surface area contributed by atoms with Crippen molar-refractivity contribution in [1.82, 2.24) is 15.1 Å². The normalized spacial score (nSPS) is 16.1. The van der Waals surface area contributed by atoms with E-state index >= 15 is 0 Å². The van der Waals surface area contributed by atoms with Crippen LogP contribution in [-0.2, 0) is 0 Å². The van der Waals surface area contributed by atoms with Crippen molar-refractivity contribution >= 4 is 29.1 Å². The molecule has 20 heavy (non-hydrogen) atoms. The molecule has 4 nitrogen and oxygen atoms in total. The van der Waals surface area contributed by atoms with Crippen LogP contribution in [0.1, 0.15) is 10.4 Å². The number of nitrogens with one attached hydrogen (secondary N) is 1. The third-order valence-corrected chi connectivity index (χ3v) is 3.85. The molecule has 1 aliphatic heterocycles. The van der Waals surface area contributed by atoms with Crippen LogP contribution >= 0.6 is 23.2 Å². The summed E-state index contributed by atoms with van der Waals surface area (Å²) in [5, 5.41) is 4.28. The SMILES string of the molecule is CN(CCN1CCNCC1)C(=O)c1cc(Cl)cc(Cl)c1. The predicted octanol–water partition coefficient (Wildman–Crippen LogP) is 1.97. The second-order valence-corrected chi connectivity index (χ2v) is 5.85. The molecule has 1 aromatic rings. The predicted molar refractivity (Wildman–Crippen MR) is 82.7 cm³/mol. The standard InChI is InChI=1S/C14H19Cl2N3O/c1-18(6-7-19-4-2-17-3-5-19)14(20)11-8-12(15)10-13(16)9-11/h8-10,17H,2-7H2,1H3. The topological polar surface area (TPSA) is 35.6 Å². The zero-order valence-corrected chi connectivity index (χ0v) is 13.0. The van der Waals surface area contributed by atoms with Crippen molar-refractivity contribution in [1.29, 1.82) is 0 Å². The Hall–Kier alpha value is -0.810. The highest BCUT2D eigenvalue weighted by atomic mass is 35.5. The van der Waals surface area contributed by atoms with E-state index in [1.807, 2.05) is 0 Å². The van der Waals surface area contributed by atoms with Crippen LogP contribution in [0.15, 0.2) is 18.2 Å². The van der Waals surface area contributed by atoms with Crippen LogP contribution in [-0.4, -0.2) is 62.0 Å². The van der Waals surface area contributed by atoms with Gasteiger partial charge in [-0.1, -0.05) is 23.2 Å². The Morgan fingerprint density at radius 1 is 1.25 bits per heavy atom. The van der Waals surface area contributed by atoms with Crippen molar-refractivity contribution in [2.24, 2.45) is 0 Å². The lowest BCUT2D eigenvalue weighted by Gasteiger charge is -2.29. The maximum Gasteiger partial charge on any atom is 0.253 e. The Morgan fingerprint density at radius 2 is 1.85 bits per heavy atom. The molecule has 1 aromatic carbocycles. The molecule has 110 valence electrons. The van der Waals surface area contributed by atoms with Gasteiger partial charge in [0, 0.05) is 61.9 Å². The summed E-state index contributed by atoms with van der Waals surface area (Å²) >= 11 is 11.9. The number of halogens is 2. The lowest BCUT2D eigenvalue weighted by atomic mass is 10.2. The van der Waals surface area contributed by atoms with Gasteiger partial charge in [0.25, 0.3) is 5.91 Å². The van der Waals surface area contributed by atoms with Gasteiger partial charge in [-0.05, 0) is 18.2 Å². The molecule has 0 radical (unpaired) electrons. The molecule has 0 spiro atoms. The number of benzene rings is 1. The van der Waals surface area contributed by atoms with Crippen molar-refractivity contribution in [3.63, 3.8) is 0 Å². The van der Waals surface area contributed by atoms with E-state index in [0.29, 0.717) is 22.2 Å². The number of nitrogens with zero attached hydrogens (tertiary/aromatic N) is 2. The molecule has 0 unspecified atom stereocenters. The lowest BCUT2D eigenvalue weighted by molar-refractivity contribution is 0.0775. The highest BCUT2D eigenvalue weighted by molar-refractivity contribution is 6.35. The molecule has 1 aliphatic rings. The minimum atomic E-state index is -0.0514. The Morgan fingerprint density at radius 3 is 2.45 bits per heavy atom. The average molecular weight is 316 g/mol. The van der Waals surface area contributed by atoms with Crippen molar-refractivity contribution in [2.75, 3.05) is 46.3 Å². The van der Waals surface area contributed by atoms with Crippen molar-refractivity contribution < 1.29 is 4.79 Å². The maximum atomic E-state index is 12.3. The van der Waals surface area contributed by atoms with Gasteiger partial charge in [-0.3, -0.25) is 9.69 Å². The van der Waals surface area contributed by atoms with Crippen LogP contribution in [0, 0.1) is 0 Å². The highest BCUT2D eigenvalue weighted by Crippen LogP contribution is 2.19. The van der Waals surface area contributed by atoms with Gasteiger partial charge >= 0.3 is 0 Å². The fraction of sp³-hybridized carbons (Fsp3) is 0.500. The molecule has 2 rings (SSSR count). The summed E-state index contributed by atoms with van der Waals surface area (Å²) in [6.07, 6.45) is 0. The fourth-order valence-corrected chi connectivity index (χ4v) is 2.75. The van der Waals surface area contributed by atoms with Crippen LogP contribution in [0.25, 0.3) is 0 Å². The number of piperazine rings is 1. The van der Waals surface area contributed by atoms with Gasteiger partial charge in [0.05, 0.1) is 0 Å². The molecular weight excluding hydrogens is 297 g/mol. The highest BCUT2D eigenvalue weighted by Gasteiger charge is 2.15. The molecule has 1 heterocycles. The molecule has 1 saturated heterocycles. The molecule has 1 fully saturated rings. The number of amides is 1. The monoisotopic (exact) mass is 315 g/mol. The third kappa shape index (κ3) is 4.35. The molecule has 0 bridgehead atoms. The van der Waals surface area contributed by atoms with Crippen molar-refractivity contribution in [3.05, 3.63) is 33.8 Å². The van der Waals surface area contributed by atoms with E-state index < -0.39 is 0 Å². The van der Waals surface area contributed by atoms with Gasteiger partial charge in [-0.25, -0.2) is 0 Å². The summed E-state index contributed by atoms with van der Waals surface area (Å²) < 4.78 is 0. The first-order valence-corrected chi connectivity index (χ1v) is 7.46. The van der Waals surface area contributed by atoms with Gasteiger partial charge in [0.1, 0.15) is 0 Å². The number of rotatable bonds is 4. The van der Waals surface area contributed by atoms with Gasteiger partial charge in [0.2, 0.25) is 0 Å². The van der Waals surface area contributed by atoms with Crippen LogP contribution in [0.5, 0.6) is 0 Å². The van der Waals surface area contributed by atoms with E-state index in [9.17, 15) is 4.79 Å². The van der Waals surface area contributed by atoms with E-state index in [1.165, 1.54) is 0 Å². The van der Waals surface area contributed by atoms with Gasteiger partial charge < -0.3 is 10.2 Å². The molecule has 0 aliphatic carbocycles. The van der Waals surface area contributed by atoms with E-state index in [-0.39, 0.29) is 5.91 Å². The minimum Gasteiger partial charge on any atom is -0.340 e. The third-order valence-electron chi connectivity index (χ3n) is 3.42. The molecule has 0 saturated carbocycles. The smallest absolute Gasteiger partial charge is 0.253 e. The van der Waals surface area contributed by atoms with Crippen LogP contribution in [0.3, 0.4) is 0 Å². The second-order valence-electron chi connectivity index (χ2n) is 4.98. The first-order valence-electron chi connectivity index (χ1n) is 6.71. The first-order chi connectivity index (χ1) is 9.56. The van der Waals surface area contributed by atoms with Gasteiger partial charge in [-0.2, -0.15) is 0 Å². The molecule has 1 amide bonds. The first kappa shape index (κ1) is 15.6. The number of likely N-dealkylation sites (N-methyl/N-ethyl adjacent to an activating group) is 1. The summed E-state index contributed by atoms with van der Waals surface area (Å²) in [6.45, 7) is 5.68. The zero-order valence-electron chi connectivity index (χ0n) is 11.5. The Bertz CT molecular complexity index is 455. The van der Waals surface area contributed by atoms with Crippen molar-refractivity contribution in [2.45, 2.75) is 0 Å². The summed E-state index contributed by atoms with van der Waals surface area (Å²) in [4.78, 5) is 16.4. The summed E-state index contributed by atoms with van der Waals surface area (Å²) in [5.41, 5.74) is 0.533. The zero-order chi connectivity index (χ0) is 14.5. The Labute approximate surface area is 129 Å². The summed E-state index contributed by atoms with van der Waals surface area (Å²) in [5.74, 6) is -0.0514. The largest absolute Gasteiger partial charge is 0.340 e. The van der Waals surface area contributed by atoms with E-state index in [4.69, 9.17) is 23.2 Å². The van der Waals surface area contributed by atoms with E-state index in [2.05, 4.69) is 10.2 Å². The van der Waals surface area contributed by atoms with Crippen LogP contribution < -0.4 is 5.32 Å². The molecule has 0 atom stereocenters. The molecule has 0 aromatic heterocycles. The van der Waals surface area contributed by atoms with Crippen LogP contribution in [0.4, 0.5) is 0 Å². The number of hydrogen-bond donors (Lipinski definition) is 1. The van der Waals surface area contributed by atoms with Crippen molar-refractivity contribution in [3.8, 4) is 0 Å². The maximum absolute atomic E-state index is 12.3. The minimum absolute atomic E-state index is 0.0514. The molecule has 1 N–H and O–H groups in total. The number of carbonyl (C=O) groups is 1. The Balaban J connectivity index is 1.90. The van der Waals surface area contributed by atoms with Crippen LogP contribution in [0.2, 0.25) is 10.0 Å². The van der Waals surface area contributed by atoms with Gasteiger partial charge in [-0.15, -0.1) is 0 Å². The lowest BCUT2D eigenvalue weighted by Crippen LogP contribution is -2.46. The van der Waals surface area contributed by atoms with E-state index in [0.717, 1.165) is 32.7 Å². The molecular formula is C14H19Cl2N3O. The number of hydrogen-bond acceptors (Lipinski definition) is 3. The molecule has 6 heteroatoms. The van der Waals surface area contributed by atoms with Gasteiger partial charge in [0.15, 0.2) is 0 Å². The second kappa shape index (κ2) is 7.27. The summed E-state index contributed by atoms with van der Waals surface area (Å²) in [7, 11) is 1.80. The van der Waals surface area contributed by atoms with E-state index in [1.54, 1.807) is 30.1 Å². The summed E-state index contributed by atoms with van der Waals surface area (Å²) in [6, 6.07) is 4.93. The Kier molecular flexibility index (Phi) is 5.66. The fourth-order valence-electron chi connectivity index (χ4n) is 2.23.